The molecule has 5 heteroatoms. The van der Waals surface area contributed by atoms with Crippen molar-refractivity contribution in [3.63, 3.8) is 0 Å². The quantitative estimate of drug-likeness (QED) is 0.548. The molecule has 0 bridgehead atoms. The Balaban J connectivity index is 1.40. The molecule has 0 spiro atoms. The fraction of sp³-hybridized carbons (Fsp3) is 0.120. The molecule has 2 heterocycles. The Hall–Kier alpha value is -3.86. The van der Waals surface area contributed by atoms with Crippen molar-refractivity contribution in [1.29, 1.82) is 0 Å². The van der Waals surface area contributed by atoms with E-state index in [1.807, 2.05) is 60.7 Å². The highest BCUT2D eigenvalue weighted by atomic mass is 16.5. The number of pyridine rings is 1. The molecule has 4 rings (SSSR count). The van der Waals surface area contributed by atoms with E-state index in [-0.39, 0.29) is 0 Å². The number of nitrogens with one attached hydrogen (secondary N) is 1. The average molecular weight is 397 g/mol. The third-order valence-electron chi connectivity index (χ3n) is 4.65. The summed E-state index contributed by atoms with van der Waals surface area (Å²) in [6, 6.07) is 13.6. The van der Waals surface area contributed by atoms with Gasteiger partial charge in [-0.15, -0.1) is 0 Å². The summed E-state index contributed by atoms with van der Waals surface area (Å²) >= 11 is 0. The van der Waals surface area contributed by atoms with Crippen molar-refractivity contribution >= 4 is 18.2 Å². The fourth-order valence-corrected chi connectivity index (χ4v) is 3.04. The first-order chi connectivity index (χ1) is 14.8. The summed E-state index contributed by atoms with van der Waals surface area (Å²) in [5, 5.41) is 7.37. The van der Waals surface area contributed by atoms with Crippen molar-refractivity contribution in [2.75, 3.05) is 7.11 Å². The summed E-state index contributed by atoms with van der Waals surface area (Å²) < 4.78 is 11.4. The Morgan fingerprint density at radius 2 is 2.03 bits per heavy atom. The molecule has 5 nitrogen and oxygen atoms in total. The van der Waals surface area contributed by atoms with Crippen molar-refractivity contribution in [3.8, 4) is 11.5 Å². The molecule has 0 aliphatic heterocycles. The average Bonchev–Trinajstić information content (AvgIpc) is 3.48. The predicted octanol–water partition coefficient (Wildman–Crippen LogP) is 5.46. The summed E-state index contributed by atoms with van der Waals surface area (Å²) in [4.78, 5) is 4.27. The number of allylic oxidation sites excluding steroid dienone is 5. The Kier molecular flexibility index (Phi) is 6.20. The number of rotatable bonds is 8. The lowest BCUT2D eigenvalue weighted by Gasteiger charge is -2.09. The van der Waals surface area contributed by atoms with Crippen LogP contribution < -0.4 is 9.47 Å². The molecule has 0 amide bonds. The van der Waals surface area contributed by atoms with Gasteiger partial charge >= 0.3 is 0 Å². The number of benzene rings is 1. The molecule has 0 unspecified atom stereocenters. The lowest BCUT2D eigenvalue weighted by atomic mass is 10.1. The predicted molar refractivity (Wildman–Crippen MR) is 120 cm³/mol. The number of methoxy groups -OCH3 is 1. The van der Waals surface area contributed by atoms with Gasteiger partial charge in [0.2, 0.25) is 0 Å². The van der Waals surface area contributed by atoms with Gasteiger partial charge in [0.15, 0.2) is 0 Å². The van der Waals surface area contributed by atoms with Crippen LogP contribution in [0, 0.1) is 0 Å². The Morgan fingerprint density at radius 1 is 1.07 bits per heavy atom. The van der Waals surface area contributed by atoms with Crippen LogP contribution in [0.5, 0.6) is 11.5 Å². The van der Waals surface area contributed by atoms with Crippen LogP contribution >= 0.6 is 0 Å². The van der Waals surface area contributed by atoms with Crippen LogP contribution in [0.2, 0.25) is 0 Å². The molecule has 30 heavy (non-hydrogen) atoms. The molecule has 3 aromatic rings. The molecule has 0 saturated carbocycles. The summed E-state index contributed by atoms with van der Waals surface area (Å²) in [6.45, 7) is 0.413. The minimum absolute atomic E-state index is 0.413. The van der Waals surface area contributed by atoms with Crippen LogP contribution in [0.1, 0.15) is 29.1 Å². The highest BCUT2D eigenvalue weighted by Crippen LogP contribution is 2.27. The number of aromatic amines is 1. The number of H-pyrrole nitrogens is 1. The second-order valence-electron chi connectivity index (χ2n) is 6.80. The van der Waals surface area contributed by atoms with E-state index in [2.05, 4.69) is 39.5 Å². The van der Waals surface area contributed by atoms with Crippen molar-refractivity contribution < 1.29 is 9.47 Å². The Bertz CT molecular complexity index is 1110. The lowest BCUT2D eigenvalue weighted by Crippen LogP contribution is -1.98. The highest BCUT2D eigenvalue weighted by molar-refractivity contribution is 5.72. The molecular weight excluding hydrogens is 374 g/mol. The Labute approximate surface area is 176 Å². The van der Waals surface area contributed by atoms with E-state index in [1.54, 1.807) is 13.3 Å². The topological polar surface area (TPSA) is 60.0 Å². The molecule has 1 aliphatic rings. The molecule has 0 atom stereocenters. The SMILES string of the molecule is COc1cc(OCc2ccccn2)ccc1/C=C/c1cc(/C=C/C2=CC=CC2)n[nH]1. The van der Waals surface area contributed by atoms with Crippen LogP contribution in [0.4, 0.5) is 0 Å². The third-order valence-corrected chi connectivity index (χ3v) is 4.65. The van der Waals surface area contributed by atoms with Crippen molar-refractivity contribution in [2.45, 2.75) is 13.0 Å². The zero-order chi connectivity index (χ0) is 20.6. The van der Waals surface area contributed by atoms with Crippen LogP contribution in [0.3, 0.4) is 0 Å². The van der Waals surface area contributed by atoms with Crippen molar-refractivity contribution in [1.82, 2.24) is 15.2 Å². The lowest BCUT2D eigenvalue weighted by molar-refractivity contribution is 0.299. The first-order valence-corrected chi connectivity index (χ1v) is 9.78. The van der Waals surface area contributed by atoms with Gasteiger partial charge < -0.3 is 9.47 Å². The second kappa shape index (κ2) is 9.56. The van der Waals surface area contributed by atoms with Crippen molar-refractivity contribution in [2.24, 2.45) is 0 Å². The molecule has 0 fully saturated rings. The molecule has 150 valence electrons. The molecule has 1 N–H and O–H groups in total. The van der Waals surface area contributed by atoms with E-state index in [4.69, 9.17) is 9.47 Å². The van der Waals surface area contributed by atoms with Crippen LogP contribution in [0.25, 0.3) is 18.2 Å². The van der Waals surface area contributed by atoms with Gasteiger partial charge in [-0.3, -0.25) is 10.1 Å². The largest absolute Gasteiger partial charge is 0.496 e. The van der Waals surface area contributed by atoms with Gasteiger partial charge in [-0.25, -0.2) is 0 Å². The van der Waals surface area contributed by atoms with Gasteiger partial charge in [-0.2, -0.15) is 5.10 Å². The smallest absolute Gasteiger partial charge is 0.130 e. The van der Waals surface area contributed by atoms with Gasteiger partial charge in [0, 0.05) is 17.8 Å². The molecule has 1 aliphatic carbocycles. The Morgan fingerprint density at radius 3 is 2.83 bits per heavy atom. The van der Waals surface area contributed by atoms with E-state index in [9.17, 15) is 0 Å². The van der Waals surface area contributed by atoms with E-state index >= 15 is 0 Å². The maximum atomic E-state index is 5.83. The standard InChI is InChI=1S/C25H23N3O2/c1-29-25-17-24(30-18-23-8-4-5-15-26-23)14-11-20(25)10-13-22-16-21(27-28-22)12-9-19-6-2-3-7-19/h2-6,8-17H,7,18H2,1H3,(H,27,28)/b12-9+,13-10+. The van der Waals surface area contributed by atoms with Gasteiger partial charge in [-0.05, 0) is 60.6 Å². The maximum Gasteiger partial charge on any atom is 0.130 e. The third kappa shape index (κ3) is 5.14. The van der Waals surface area contributed by atoms with E-state index < -0.39 is 0 Å². The van der Waals surface area contributed by atoms with Crippen molar-refractivity contribution in [3.05, 3.63) is 101 Å². The number of aromatic nitrogens is 3. The first kappa shape index (κ1) is 19.5. The second-order valence-corrected chi connectivity index (χ2v) is 6.80. The van der Waals surface area contributed by atoms with Gasteiger partial charge in [0.05, 0.1) is 24.2 Å². The molecular formula is C25H23N3O2. The normalized spacial score (nSPS) is 13.3. The van der Waals surface area contributed by atoms with Gasteiger partial charge in [0.1, 0.15) is 18.1 Å². The minimum atomic E-state index is 0.413. The van der Waals surface area contributed by atoms with E-state index in [1.165, 1.54) is 5.57 Å². The number of ether oxygens (including phenoxy) is 2. The maximum absolute atomic E-state index is 5.83. The van der Waals surface area contributed by atoms with Gasteiger partial charge in [-0.1, -0.05) is 30.4 Å². The zero-order valence-corrected chi connectivity index (χ0v) is 16.8. The monoisotopic (exact) mass is 397 g/mol. The molecule has 1 aromatic carbocycles. The highest BCUT2D eigenvalue weighted by Gasteiger charge is 2.04. The first-order valence-electron chi connectivity index (χ1n) is 9.78. The summed E-state index contributed by atoms with van der Waals surface area (Å²) in [5.74, 6) is 1.48. The zero-order valence-electron chi connectivity index (χ0n) is 16.8. The summed E-state index contributed by atoms with van der Waals surface area (Å²) in [5.41, 5.74) is 4.94. The molecule has 0 radical (unpaired) electrons. The summed E-state index contributed by atoms with van der Waals surface area (Å²) in [6.07, 6.45) is 17.1. The van der Waals surface area contributed by atoms with Crippen LogP contribution in [-0.2, 0) is 6.61 Å². The van der Waals surface area contributed by atoms with Gasteiger partial charge in [0.25, 0.3) is 0 Å². The van der Waals surface area contributed by atoms with E-state index in [0.717, 1.165) is 40.6 Å². The molecule has 0 saturated heterocycles. The van der Waals surface area contributed by atoms with Crippen LogP contribution in [0.15, 0.2) is 78.5 Å². The fourth-order valence-electron chi connectivity index (χ4n) is 3.04. The molecule has 2 aromatic heterocycles. The number of nitrogens with zero attached hydrogens (tertiary/aromatic N) is 2. The van der Waals surface area contributed by atoms with E-state index in [0.29, 0.717) is 6.61 Å². The number of hydrogen-bond acceptors (Lipinski definition) is 4. The number of hydrogen-bond donors (Lipinski definition) is 1. The van der Waals surface area contributed by atoms with Crippen LogP contribution in [-0.4, -0.2) is 22.3 Å². The summed E-state index contributed by atoms with van der Waals surface area (Å²) in [7, 11) is 1.65. The minimum Gasteiger partial charge on any atom is -0.496 e.